The molecule has 0 saturated heterocycles. The largest absolute Gasteiger partial charge is 0.397 e. The summed E-state index contributed by atoms with van der Waals surface area (Å²) in [5.41, 5.74) is 9.31. The first-order chi connectivity index (χ1) is 9.67. The number of anilines is 3. The van der Waals surface area contributed by atoms with Crippen molar-refractivity contribution in [2.45, 2.75) is 0 Å². The average Bonchev–Trinajstić information content (AvgIpc) is 2.83. The first-order valence-corrected chi connectivity index (χ1v) is 9.90. The lowest BCUT2D eigenvalue weighted by molar-refractivity contribution is 0.628. The van der Waals surface area contributed by atoms with E-state index in [1.807, 2.05) is 22.8 Å². The van der Waals surface area contributed by atoms with Gasteiger partial charge in [-0.05, 0) is 58.4 Å². The van der Waals surface area contributed by atoms with E-state index in [9.17, 15) is 4.39 Å². The number of hydrogen-bond donors (Lipinski definition) is 2. The molecule has 4 nitrogen and oxygen atoms in total. The van der Waals surface area contributed by atoms with Crippen LogP contribution in [0, 0.1) is 5.82 Å². The van der Waals surface area contributed by atoms with E-state index in [4.69, 9.17) is 5.73 Å². The van der Waals surface area contributed by atoms with Crippen LogP contribution in [0.2, 0.25) is 0 Å². The van der Waals surface area contributed by atoms with Crippen molar-refractivity contribution in [2.24, 2.45) is 0 Å². The van der Waals surface area contributed by atoms with Gasteiger partial charge in [0.05, 0.1) is 29.5 Å². The molecule has 3 aromatic rings. The smallest absolute Gasteiger partial charge is 0.123 e. The molecule has 0 saturated carbocycles. The summed E-state index contributed by atoms with van der Waals surface area (Å²) in [5.74, 6) is -0.261. The summed E-state index contributed by atoms with van der Waals surface area (Å²) in [6.07, 6.45) is 2.35. The fourth-order valence-corrected chi connectivity index (χ4v) is 3.49. The number of halogens is 2. The van der Waals surface area contributed by atoms with Gasteiger partial charge < -0.3 is 11.1 Å². The van der Waals surface area contributed by atoms with Crippen molar-refractivity contribution >= 4 is 56.4 Å². The number of rotatable bonds is 3. The fraction of sp³-hybridized carbons (Fsp3) is 0. The molecule has 0 fully saturated rings. The predicted molar refractivity (Wildman–Crippen MR) is 91.6 cm³/mol. The van der Waals surface area contributed by atoms with E-state index in [1.165, 1.54) is 12.1 Å². The van der Waals surface area contributed by atoms with Crippen LogP contribution in [0.15, 0.2) is 42.6 Å². The molecule has 0 aliphatic rings. The zero-order chi connectivity index (χ0) is 14.1. The lowest BCUT2D eigenvalue weighted by Gasteiger charge is -2.10. The van der Waals surface area contributed by atoms with Gasteiger partial charge in [-0.2, -0.15) is 5.10 Å². The third kappa shape index (κ3) is 2.58. The molecule has 20 heavy (non-hydrogen) atoms. The Balaban J connectivity index is 1.99. The molecule has 0 aliphatic carbocycles. The summed E-state index contributed by atoms with van der Waals surface area (Å²) >= 11 is 2.28. The van der Waals surface area contributed by atoms with Crippen LogP contribution in [0.5, 0.6) is 0 Å². The van der Waals surface area contributed by atoms with Gasteiger partial charge in [-0.3, -0.25) is 0 Å². The number of nitrogens with zero attached hydrogens (tertiary/aromatic N) is 2. The SMILES string of the molecule is Nc1cc2c(cnn2PI)cc1Nc1ccc(F)cc1. The van der Waals surface area contributed by atoms with E-state index in [-0.39, 0.29) is 5.82 Å². The molecule has 0 bridgehead atoms. The number of nitrogen functional groups attached to an aromatic ring is 1. The van der Waals surface area contributed by atoms with E-state index < -0.39 is 0 Å². The third-order valence-electron chi connectivity index (χ3n) is 2.94. The highest BCUT2D eigenvalue weighted by Crippen LogP contribution is 2.33. The normalized spacial score (nSPS) is 11.5. The Bertz CT molecular complexity index is 757. The number of aromatic nitrogens is 2. The maximum Gasteiger partial charge on any atom is 0.123 e. The second-order valence-electron chi connectivity index (χ2n) is 4.27. The molecule has 0 spiro atoms. The first kappa shape index (κ1) is 13.6. The minimum absolute atomic E-state index is 0.261. The minimum Gasteiger partial charge on any atom is -0.397 e. The van der Waals surface area contributed by atoms with Gasteiger partial charge in [-0.1, -0.05) is 0 Å². The molecule has 1 unspecified atom stereocenters. The van der Waals surface area contributed by atoms with Crippen LogP contribution in [-0.4, -0.2) is 9.55 Å². The Labute approximate surface area is 129 Å². The van der Waals surface area contributed by atoms with Crippen LogP contribution in [0.3, 0.4) is 0 Å². The molecule has 0 amide bonds. The molecule has 2 aromatic carbocycles. The molecule has 1 heterocycles. The summed E-state index contributed by atoms with van der Waals surface area (Å²) in [7, 11) is 0. The Morgan fingerprint density at radius 1 is 1.25 bits per heavy atom. The minimum atomic E-state index is -0.261. The van der Waals surface area contributed by atoms with Gasteiger partial charge in [0.2, 0.25) is 0 Å². The molecular weight excluding hydrogens is 389 g/mol. The Hall–Kier alpha value is -1.40. The summed E-state index contributed by atoms with van der Waals surface area (Å²) in [6, 6.07) is 10.0. The number of benzene rings is 2. The van der Waals surface area contributed by atoms with E-state index in [1.54, 1.807) is 12.1 Å². The molecule has 3 N–H and O–H groups in total. The van der Waals surface area contributed by atoms with Gasteiger partial charge in [-0.15, -0.1) is 0 Å². The Morgan fingerprint density at radius 2 is 2.00 bits per heavy atom. The standard InChI is InChI=1S/C13H11FIN4P/c14-9-1-3-10(4-2-9)18-12-5-8-7-17-19(20-15)13(8)6-11(12)16/h1-7,18,20H,16H2. The molecule has 1 atom stereocenters. The molecule has 0 radical (unpaired) electrons. The number of nitrogens with one attached hydrogen (secondary N) is 1. The summed E-state index contributed by atoms with van der Waals surface area (Å²) in [4.78, 5) is 0. The van der Waals surface area contributed by atoms with Crippen molar-refractivity contribution in [1.29, 1.82) is 0 Å². The lowest BCUT2D eigenvalue weighted by atomic mass is 10.2. The summed E-state index contributed by atoms with van der Waals surface area (Å²) < 4.78 is 14.8. The Morgan fingerprint density at radius 3 is 2.70 bits per heavy atom. The van der Waals surface area contributed by atoms with Gasteiger partial charge in [-0.25, -0.2) is 8.84 Å². The second kappa shape index (κ2) is 5.54. The van der Waals surface area contributed by atoms with Crippen LogP contribution in [0.4, 0.5) is 21.5 Å². The van der Waals surface area contributed by atoms with Gasteiger partial charge in [0.1, 0.15) is 5.82 Å². The van der Waals surface area contributed by atoms with E-state index in [2.05, 4.69) is 32.5 Å². The van der Waals surface area contributed by atoms with Crippen molar-refractivity contribution in [3.05, 3.63) is 48.4 Å². The highest BCUT2D eigenvalue weighted by atomic mass is 127. The quantitative estimate of drug-likeness (QED) is 0.392. The van der Waals surface area contributed by atoms with Crippen molar-refractivity contribution in [1.82, 2.24) is 9.55 Å². The Kier molecular flexibility index (Phi) is 3.76. The maximum absolute atomic E-state index is 12.9. The average molecular weight is 400 g/mol. The third-order valence-corrected chi connectivity index (χ3v) is 4.83. The van der Waals surface area contributed by atoms with E-state index in [0.717, 1.165) is 22.3 Å². The fourth-order valence-electron chi connectivity index (χ4n) is 1.95. The molecule has 3 rings (SSSR count). The zero-order valence-electron chi connectivity index (χ0n) is 10.3. The lowest BCUT2D eigenvalue weighted by Crippen LogP contribution is -1.96. The molecule has 1 aromatic heterocycles. The number of nitrogens with two attached hydrogens (primary N) is 1. The predicted octanol–water partition coefficient (Wildman–Crippen LogP) is 4.29. The summed E-state index contributed by atoms with van der Waals surface area (Å²) in [5, 5.41) is 8.52. The molecule has 102 valence electrons. The van der Waals surface area contributed by atoms with Gasteiger partial charge >= 0.3 is 0 Å². The van der Waals surface area contributed by atoms with Crippen molar-refractivity contribution in [2.75, 3.05) is 11.1 Å². The van der Waals surface area contributed by atoms with Gasteiger partial charge in [0, 0.05) is 11.1 Å². The van der Waals surface area contributed by atoms with Crippen LogP contribution >= 0.6 is 28.4 Å². The monoisotopic (exact) mass is 400 g/mol. The maximum atomic E-state index is 12.9. The highest BCUT2D eigenvalue weighted by molar-refractivity contribution is 14.2. The first-order valence-electron chi connectivity index (χ1n) is 5.84. The summed E-state index contributed by atoms with van der Waals surface area (Å²) in [6.45, 7) is 0. The number of hydrogen-bond acceptors (Lipinski definition) is 3. The topological polar surface area (TPSA) is 55.9 Å². The second-order valence-corrected chi connectivity index (χ2v) is 6.31. The van der Waals surface area contributed by atoms with Crippen LogP contribution in [0.1, 0.15) is 0 Å². The zero-order valence-corrected chi connectivity index (χ0v) is 13.4. The molecule has 0 aliphatic heterocycles. The van der Waals surface area contributed by atoms with Crippen molar-refractivity contribution < 1.29 is 4.39 Å². The van der Waals surface area contributed by atoms with E-state index >= 15 is 0 Å². The molecule has 7 heteroatoms. The van der Waals surface area contributed by atoms with E-state index in [0.29, 0.717) is 12.1 Å². The van der Waals surface area contributed by atoms with Crippen LogP contribution in [0.25, 0.3) is 10.9 Å². The van der Waals surface area contributed by atoms with Gasteiger partial charge in [0.25, 0.3) is 0 Å². The van der Waals surface area contributed by atoms with Crippen LogP contribution < -0.4 is 11.1 Å². The van der Waals surface area contributed by atoms with Gasteiger partial charge in [0.15, 0.2) is 0 Å². The number of fused-ring (bicyclic) bond motifs is 1. The van der Waals surface area contributed by atoms with Crippen molar-refractivity contribution in [3.63, 3.8) is 0 Å². The van der Waals surface area contributed by atoms with Crippen molar-refractivity contribution in [3.8, 4) is 0 Å². The molecular formula is C13H11FIN4P. The van der Waals surface area contributed by atoms with Crippen LogP contribution in [-0.2, 0) is 0 Å². The highest BCUT2D eigenvalue weighted by Gasteiger charge is 2.07.